The van der Waals surface area contributed by atoms with Gasteiger partial charge in [0.1, 0.15) is 0 Å². The first-order valence-corrected chi connectivity index (χ1v) is 6.40. The lowest BCUT2D eigenvalue weighted by Gasteiger charge is -2.15. The maximum absolute atomic E-state index is 4.37. The van der Waals surface area contributed by atoms with Crippen LogP contribution in [0, 0.1) is 0 Å². The molecule has 1 unspecified atom stereocenters. The Morgan fingerprint density at radius 1 is 1.38 bits per heavy atom. The van der Waals surface area contributed by atoms with Crippen molar-refractivity contribution in [2.75, 3.05) is 6.54 Å². The zero-order chi connectivity index (χ0) is 12.0. The Bertz CT molecular complexity index is 291. The number of aryl methyl sites for hydroxylation is 1. The van der Waals surface area contributed by atoms with E-state index in [-0.39, 0.29) is 0 Å². The molecule has 0 fully saturated rings. The molecule has 0 saturated carbocycles. The SMILES string of the molecule is CCCn1nccc1C(C)CCNC(C)C. The predicted octanol–water partition coefficient (Wildman–Crippen LogP) is 2.78. The summed E-state index contributed by atoms with van der Waals surface area (Å²) in [5.74, 6) is 0.584. The van der Waals surface area contributed by atoms with Crippen LogP contribution in [-0.2, 0) is 6.54 Å². The Morgan fingerprint density at radius 3 is 2.75 bits per heavy atom. The Hall–Kier alpha value is -0.830. The van der Waals surface area contributed by atoms with Crippen molar-refractivity contribution in [2.24, 2.45) is 0 Å². The Balaban J connectivity index is 2.45. The first-order valence-electron chi connectivity index (χ1n) is 6.40. The zero-order valence-corrected chi connectivity index (χ0v) is 11.0. The quantitative estimate of drug-likeness (QED) is 0.770. The molecule has 0 aliphatic heterocycles. The molecular formula is C13H25N3. The van der Waals surface area contributed by atoms with Gasteiger partial charge < -0.3 is 5.32 Å². The molecule has 0 aliphatic rings. The van der Waals surface area contributed by atoms with E-state index in [2.05, 4.69) is 48.9 Å². The molecule has 3 nitrogen and oxygen atoms in total. The third-order valence-corrected chi connectivity index (χ3v) is 2.82. The second-order valence-corrected chi connectivity index (χ2v) is 4.78. The van der Waals surface area contributed by atoms with Crippen LogP contribution in [0.4, 0.5) is 0 Å². The molecule has 0 spiro atoms. The van der Waals surface area contributed by atoms with Crippen LogP contribution in [0.15, 0.2) is 12.3 Å². The van der Waals surface area contributed by atoms with Crippen LogP contribution >= 0.6 is 0 Å². The van der Waals surface area contributed by atoms with Gasteiger partial charge in [-0.05, 0) is 31.4 Å². The number of nitrogens with zero attached hydrogens (tertiary/aromatic N) is 2. The molecule has 0 bridgehead atoms. The van der Waals surface area contributed by atoms with Crippen molar-refractivity contribution in [3.05, 3.63) is 18.0 Å². The molecular weight excluding hydrogens is 198 g/mol. The van der Waals surface area contributed by atoms with E-state index >= 15 is 0 Å². The highest BCUT2D eigenvalue weighted by Gasteiger charge is 2.10. The second-order valence-electron chi connectivity index (χ2n) is 4.78. The standard InChI is InChI=1S/C13H25N3/c1-5-10-16-13(7-9-15-16)12(4)6-8-14-11(2)3/h7,9,11-12,14H,5-6,8,10H2,1-4H3. The van der Waals surface area contributed by atoms with E-state index in [0.29, 0.717) is 12.0 Å². The number of rotatable bonds is 7. The van der Waals surface area contributed by atoms with Gasteiger partial charge in [-0.15, -0.1) is 0 Å². The van der Waals surface area contributed by atoms with Crippen molar-refractivity contribution in [1.82, 2.24) is 15.1 Å². The molecule has 0 amide bonds. The molecule has 1 N–H and O–H groups in total. The molecule has 1 aromatic heterocycles. The summed E-state index contributed by atoms with van der Waals surface area (Å²) in [6, 6.07) is 2.73. The van der Waals surface area contributed by atoms with Crippen LogP contribution in [-0.4, -0.2) is 22.4 Å². The largest absolute Gasteiger partial charge is 0.315 e. The maximum atomic E-state index is 4.37. The molecule has 0 aliphatic carbocycles. The lowest BCUT2D eigenvalue weighted by atomic mass is 10.0. The van der Waals surface area contributed by atoms with Crippen LogP contribution < -0.4 is 5.32 Å². The highest BCUT2D eigenvalue weighted by atomic mass is 15.3. The molecule has 92 valence electrons. The van der Waals surface area contributed by atoms with Crippen LogP contribution in [0.25, 0.3) is 0 Å². The van der Waals surface area contributed by atoms with Gasteiger partial charge in [-0.2, -0.15) is 5.10 Å². The van der Waals surface area contributed by atoms with Crippen LogP contribution in [0.3, 0.4) is 0 Å². The molecule has 1 heterocycles. The predicted molar refractivity (Wildman–Crippen MR) is 68.7 cm³/mol. The lowest BCUT2D eigenvalue weighted by Crippen LogP contribution is -2.25. The molecule has 1 aromatic rings. The molecule has 0 radical (unpaired) electrons. The number of aromatic nitrogens is 2. The highest BCUT2D eigenvalue weighted by Crippen LogP contribution is 2.18. The summed E-state index contributed by atoms with van der Waals surface area (Å²) >= 11 is 0. The van der Waals surface area contributed by atoms with Crippen molar-refractivity contribution >= 4 is 0 Å². The second kappa shape index (κ2) is 6.69. The van der Waals surface area contributed by atoms with Gasteiger partial charge >= 0.3 is 0 Å². The zero-order valence-electron chi connectivity index (χ0n) is 11.0. The van der Waals surface area contributed by atoms with Crippen molar-refractivity contribution in [3.63, 3.8) is 0 Å². The van der Waals surface area contributed by atoms with Crippen molar-refractivity contribution in [3.8, 4) is 0 Å². The van der Waals surface area contributed by atoms with Gasteiger partial charge in [-0.25, -0.2) is 0 Å². The van der Waals surface area contributed by atoms with E-state index in [1.54, 1.807) is 0 Å². The summed E-state index contributed by atoms with van der Waals surface area (Å²) in [6.45, 7) is 11.0. The van der Waals surface area contributed by atoms with E-state index in [9.17, 15) is 0 Å². The van der Waals surface area contributed by atoms with Gasteiger partial charge in [0.15, 0.2) is 0 Å². The Labute approximate surface area is 99.2 Å². The summed E-state index contributed by atoms with van der Waals surface area (Å²) in [4.78, 5) is 0. The lowest BCUT2D eigenvalue weighted by molar-refractivity contribution is 0.501. The van der Waals surface area contributed by atoms with Gasteiger partial charge in [-0.1, -0.05) is 27.7 Å². The summed E-state index contributed by atoms with van der Waals surface area (Å²) < 4.78 is 2.14. The van der Waals surface area contributed by atoms with Crippen molar-refractivity contribution in [2.45, 2.75) is 59.0 Å². The van der Waals surface area contributed by atoms with Gasteiger partial charge in [-0.3, -0.25) is 4.68 Å². The Morgan fingerprint density at radius 2 is 2.12 bits per heavy atom. The van der Waals surface area contributed by atoms with Gasteiger partial charge in [0.05, 0.1) is 0 Å². The normalized spacial score (nSPS) is 13.3. The topological polar surface area (TPSA) is 29.9 Å². The van der Waals surface area contributed by atoms with Gasteiger partial charge in [0, 0.05) is 24.5 Å². The van der Waals surface area contributed by atoms with E-state index in [1.165, 1.54) is 12.1 Å². The summed E-state index contributed by atoms with van der Waals surface area (Å²) in [6.07, 6.45) is 4.23. The van der Waals surface area contributed by atoms with Crippen molar-refractivity contribution in [1.29, 1.82) is 0 Å². The van der Waals surface area contributed by atoms with Gasteiger partial charge in [0.25, 0.3) is 0 Å². The minimum Gasteiger partial charge on any atom is -0.315 e. The molecule has 1 atom stereocenters. The third-order valence-electron chi connectivity index (χ3n) is 2.82. The van der Waals surface area contributed by atoms with Crippen LogP contribution in [0.2, 0.25) is 0 Å². The molecule has 3 heteroatoms. The van der Waals surface area contributed by atoms with E-state index in [0.717, 1.165) is 19.5 Å². The summed E-state index contributed by atoms with van der Waals surface area (Å²) in [5.41, 5.74) is 1.37. The highest BCUT2D eigenvalue weighted by molar-refractivity contribution is 5.06. The van der Waals surface area contributed by atoms with Crippen molar-refractivity contribution < 1.29 is 0 Å². The number of nitrogens with one attached hydrogen (secondary N) is 1. The molecule has 16 heavy (non-hydrogen) atoms. The number of hydrogen-bond donors (Lipinski definition) is 1. The molecule has 0 saturated heterocycles. The van der Waals surface area contributed by atoms with E-state index < -0.39 is 0 Å². The average molecular weight is 223 g/mol. The Kier molecular flexibility index (Phi) is 5.53. The van der Waals surface area contributed by atoms with Crippen LogP contribution in [0.5, 0.6) is 0 Å². The first kappa shape index (κ1) is 13.2. The maximum Gasteiger partial charge on any atom is 0.0492 e. The smallest absolute Gasteiger partial charge is 0.0492 e. The first-order chi connectivity index (χ1) is 7.65. The van der Waals surface area contributed by atoms with Crippen LogP contribution in [0.1, 0.15) is 52.1 Å². The number of hydrogen-bond acceptors (Lipinski definition) is 2. The minimum absolute atomic E-state index is 0.577. The molecule has 0 aromatic carbocycles. The fraction of sp³-hybridized carbons (Fsp3) is 0.769. The van der Waals surface area contributed by atoms with E-state index in [1.807, 2.05) is 6.20 Å². The average Bonchev–Trinajstić information content (AvgIpc) is 2.66. The fourth-order valence-corrected chi connectivity index (χ4v) is 1.90. The van der Waals surface area contributed by atoms with E-state index in [4.69, 9.17) is 0 Å². The van der Waals surface area contributed by atoms with Gasteiger partial charge in [0.2, 0.25) is 0 Å². The third kappa shape index (κ3) is 3.97. The summed E-state index contributed by atoms with van der Waals surface area (Å²) in [7, 11) is 0. The fourth-order valence-electron chi connectivity index (χ4n) is 1.90. The molecule has 1 rings (SSSR count). The minimum atomic E-state index is 0.577. The monoisotopic (exact) mass is 223 g/mol. The summed E-state index contributed by atoms with van der Waals surface area (Å²) in [5, 5.41) is 7.83.